The molecular weight excluding hydrogens is 291 g/mol. The summed E-state index contributed by atoms with van der Waals surface area (Å²) in [5, 5.41) is 8.88. The summed E-state index contributed by atoms with van der Waals surface area (Å²) in [6, 6.07) is 12.4. The third kappa shape index (κ3) is 2.77. The largest absolute Gasteiger partial charge is 0.485 e. The number of nitriles is 1. The zero-order valence-electron chi connectivity index (χ0n) is 11.5. The molecule has 0 aliphatic carbocycles. The summed E-state index contributed by atoms with van der Waals surface area (Å²) in [4.78, 5) is 0. The molecule has 112 valence electrons. The lowest BCUT2D eigenvalue weighted by Gasteiger charge is -2.27. The predicted molar refractivity (Wildman–Crippen MR) is 74.3 cm³/mol. The van der Waals surface area contributed by atoms with Crippen molar-refractivity contribution < 1.29 is 17.9 Å². The van der Waals surface area contributed by atoms with Crippen LogP contribution in [0.5, 0.6) is 5.75 Å². The third-order valence-electron chi connectivity index (χ3n) is 3.72. The summed E-state index contributed by atoms with van der Waals surface area (Å²) in [6.07, 6.45) is -3.50. The Bertz CT molecular complexity index is 746. The first kappa shape index (κ1) is 14.5. The number of ether oxygens (including phenoxy) is 1. The quantitative estimate of drug-likeness (QED) is 0.768. The minimum atomic E-state index is -4.36. The lowest BCUT2D eigenvalue weighted by Crippen LogP contribution is -2.16. The molecule has 1 aliphatic rings. The molecule has 1 atom stereocenters. The smallest absolute Gasteiger partial charge is 0.416 e. The van der Waals surface area contributed by atoms with Gasteiger partial charge in [-0.3, -0.25) is 0 Å². The first-order valence-electron chi connectivity index (χ1n) is 6.84. The normalized spacial score (nSPS) is 17.3. The van der Waals surface area contributed by atoms with Gasteiger partial charge in [-0.05, 0) is 54.3 Å². The van der Waals surface area contributed by atoms with Crippen molar-refractivity contribution in [2.24, 2.45) is 0 Å². The van der Waals surface area contributed by atoms with Crippen molar-refractivity contribution in [3.8, 4) is 11.8 Å². The zero-order valence-corrected chi connectivity index (χ0v) is 11.5. The van der Waals surface area contributed by atoms with Crippen molar-refractivity contribution in [1.29, 1.82) is 5.26 Å². The average Bonchev–Trinajstić information content (AvgIpc) is 2.53. The molecule has 0 bridgehead atoms. The number of hydrogen-bond donors (Lipinski definition) is 0. The van der Waals surface area contributed by atoms with Gasteiger partial charge in [0.2, 0.25) is 0 Å². The van der Waals surface area contributed by atoms with Crippen LogP contribution in [0.4, 0.5) is 13.2 Å². The Hall–Kier alpha value is -2.48. The second-order valence-electron chi connectivity index (χ2n) is 5.20. The molecule has 1 aliphatic heterocycles. The van der Waals surface area contributed by atoms with E-state index in [9.17, 15) is 13.2 Å². The third-order valence-corrected chi connectivity index (χ3v) is 3.72. The van der Waals surface area contributed by atoms with Gasteiger partial charge < -0.3 is 4.74 Å². The number of alkyl halides is 3. The highest BCUT2D eigenvalue weighted by molar-refractivity contribution is 5.44. The summed E-state index contributed by atoms with van der Waals surface area (Å²) in [5.74, 6) is 0.632. The minimum Gasteiger partial charge on any atom is -0.485 e. The van der Waals surface area contributed by atoms with Gasteiger partial charge >= 0.3 is 6.18 Å². The Morgan fingerprint density at radius 3 is 2.68 bits per heavy atom. The van der Waals surface area contributed by atoms with E-state index in [1.54, 1.807) is 24.3 Å². The second-order valence-corrected chi connectivity index (χ2v) is 5.20. The van der Waals surface area contributed by atoms with Crippen molar-refractivity contribution in [3.63, 3.8) is 0 Å². The van der Waals surface area contributed by atoms with Crippen molar-refractivity contribution in [2.75, 3.05) is 0 Å². The highest BCUT2D eigenvalue weighted by Gasteiger charge is 2.31. The van der Waals surface area contributed by atoms with E-state index in [0.717, 1.165) is 17.7 Å². The first-order chi connectivity index (χ1) is 10.5. The molecule has 0 radical (unpaired) electrons. The highest BCUT2D eigenvalue weighted by Crippen LogP contribution is 2.37. The number of aryl methyl sites for hydroxylation is 1. The summed E-state index contributed by atoms with van der Waals surface area (Å²) in [5.41, 5.74) is 1.33. The van der Waals surface area contributed by atoms with E-state index in [4.69, 9.17) is 10.00 Å². The molecule has 0 amide bonds. The van der Waals surface area contributed by atoms with Crippen LogP contribution in [-0.2, 0) is 12.6 Å². The molecule has 0 spiro atoms. The lowest BCUT2D eigenvalue weighted by atomic mass is 9.95. The molecule has 2 aromatic carbocycles. The maximum Gasteiger partial charge on any atom is 0.416 e. The van der Waals surface area contributed by atoms with Crippen LogP contribution >= 0.6 is 0 Å². The van der Waals surface area contributed by atoms with E-state index in [1.165, 1.54) is 6.07 Å². The van der Waals surface area contributed by atoms with Crippen LogP contribution in [0.1, 0.15) is 34.8 Å². The van der Waals surface area contributed by atoms with Gasteiger partial charge in [0.25, 0.3) is 0 Å². The molecule has 0 saturated carbocycles. The van der Waals surface area contributed by atoms with Crippen LogP contribution in [0.3, 0.4) is 0 Å². The van der Waals surface area contributed by atoms with Gasteiger partial charge in [0.05, 0.1) is 17.2 Å². The first-order valence-corrected chi connectivity index (χ1v) is 6.84. The van der Waals surface area contributed by atoms with Crippen molar-refractivity contribution in [2.45, 2.75) is 25.1 Å². The highest BCUT2D eigenvalue weighted by atomic mass is 19.4. The number of rotatable bonds is 1. The summed E-state index contributed by atoms with van der Waals surface area (Å²) in [6.45, 7) is 0. The van der Waals surface area contributed by atoms with Gasteiger partial charge in [-0.25, -0.2) is 0 Å². The van der Waals surface area contributed by atoms with E-state index < -0.39 is 17.8 Å². The molecule has 0 aromatic heterocycles. The molecule has 0 saturated heterocycles. The van der Waals surface area contributed by atoms with Gasteiger partial charge in [0.1, 0.15) is 11.9 Å². The molecule has 1 heterocycles. The van der Waals surface area contributed by atoms with Crippen LogP contribution < -0.4 is 4.74 Å². The summed E-state index contributed by atoms with van der Waals surface area (Å²) >= 11 is 0. The fourth-order valence-corrected chi connectivity index (χ4v) is 2.61. The number of fused-ring (bicyclic) bond motifs is 1. The minimum absolute atomic E-state index is 0.400. The fourth-order valence-electron chi connectivity index (χ4n) is 2.61. The van der Waals surface area contributed by atoms with Crippen LogP contribution in [0, 0.1) is 11.3 Å². The van der Waals surface area contributed by atoms with E-state index >= 15 is 0 Å². The predicted octanol–water partition coefficient (Wildman–Crippen LogP) is 4.64. The van der Waals surface area contributed by atoms with E-state index in [0.29, 0.717) is 29.7 Å². The van der Waals surface area contributed by atoms with Crippen LogP contribution in [0.25, 0.3) is 0 Å². The number of benzene rings is 2. The fraction of sp³-hybridized carbons (Fsp3) is 0.235. The number of nitrogens with zero attached hydrogens (tertiary/aromatic N) is 1. The van der Waals surface area contributed by atoms with Gasteiger partial charge in [-0.1, -0.05) is 12.1 Å². The number of halogens is 3. The zero-order chi connectivity index (χ0) is 15.7. The topological polar surface area (TPSA) is 33.0 Å². The monoisotopic (exact) mass is 303 g/mol. The summed E-state index contributed by atoms with van der Waals surface area (Å²) in [7, 11) is 0. The standard InChI is InChI=1S/C17H12F3NO/c18-17(19,20)14-3-1-2-12(9-14)16-7-5-13-8-11(10-21)4-6-15(13)22-16/h1-4,6,8-9,16H,5,7H2. The Balaban J connectivity index is 1.87. The molecule has 22 heavy (non-hydrogen) atoms. The van der Waals surface area contributed by atoms with Crippen LogP contribution in [0.15, 0.2) is 42.5 Å². The van der Waals surface area contributed by atoms with Gasteiger partial charge in [-0.15, -0.1) is 0 Å². The van der Waals surface area contributed by atoms with E-state index in [2.05, 4.69) is 6.07 Å². The average molecular weight is 303 g/mol. The molecule has 0 fully saturated rings. The maximum atomic E-state index is 12.8. The van der Waals surface area contributed by atoms with Crippen LogP contribution in [0.2, 0.25) is 0 Å². The molecule has 5 heteroatoms. The second kappa shape index (κ2) is 5.38. The Labute approximate surface area is 125 Å². The van der Waals surface area contributed by atoms with Gasteiger partial charge in [0.15, 0.2) is 0 Å². The summed E-state index contributed by atoms with van der Waals surface area (Å²) < 4.78 is 44.2. The Kier molecular flexibility index (Phi) is 3.53. The van der Waals surface area contributed by atoms with Gasteiger partial charge in [0, 0.05) is 0 Å². The van der Waals surface area contributed by atoms with E-state index in [1.807, 2.05) is 0 Å². The molecular formula is C17H12F3NO. The number of hydrogen-bond acceptors (Lipinski definition) is 2. The molecule has 1 unspecified atom stereocenters. The molecule has 0 N–H and O–H groups in total. The van der Waals surface area contributed by atoms with E-state index in [-0.39, 0.29) is 0 Å². The van der Waals surface area contributed by atoms with Crippen LogP contribution in [-0.4, -0.2) is 0 Å². The van der Waals surface area contributed by atoms with Gasteiger partial charge in [-0.2, -0.15) is 18.4 Å². The maximum absolute atomic E-state index is 12.8. The molecule has 2 aromatic rings. The molecule has 3 rings (SSSR count). The van der Waals surface area contributed by atoms with Crippen molar-refractivity contribution in [3.05, 3.63) is 64.7 Å². The van der Waals surface area contributed by atoms with Crippen molar-refractivity contribution >= 4 is 0 Å². The Morgan fingerprint density at radius 2 is 1.95 bits per heavy atom. The Morgan fingerprint density at radius 1 is 1.14 bits per heavy atom. The van der Waals surface area contributed by atoms with Crippen molar-refractivity contribution in [1.82, 2.24) is 0 Å². The lowest BCUT2D eigenvalue weighted by molar-refractivity contribution is -0.137. The molecule has 2 nitrogen and oxygen atoms in total. The SMILES string of the molecule is N#Cc1ccc2c(c1)CCC(c1cccc(C(F)(F)F)c1)O2.